The molecule has 1 heterocycles. The Labute approximate surface area is 77.8 Å². The summed E-state index contributed by atoms with van der Waals surface area (Å²) in [5.41, 5.74) is 0. The van der Waals surface area contributed by atoms with E-state index in [4.69, 9.17) is 6.42 Å². The van der Waals surface area contributed by atoms with Crippen LogP contribution in [0.2, 0.25) is 0 Å². The lowest BCUT2D eigenvalue weighted by Crippen LogP contribution is -2.13. The van der Waals surface area contributed by atoms with Crippen molar-refractivity contribution in [1.82, 2.24) is 5.32 Å². The van der Waals surface area contributed by atoms with Crippen molar-refractivity contribution in [1.29, 1.82) is 0 Å². The molecule has 0 spiro atoms. The summed E-state index contributed by atoms with van der Waals surface area (Å²) in [6, 6.07) is 4.21. The normalized spacial score (nSPS) is 9.58. The van der Waals surface area contributed by atoms with E-state index in [1.807, 2.05) is 0 Å². The van der Waals surface area contributed by atoms with Crippen molar-refractivity contribution >= 4 is 11.3 Å². The van der Waals surface area contributed by atoms with Crippen LogP contribution in [0.5, 0.6) is 0 Å². The molecule has 0 fully saturated rings. The SMILES string of the molecule is C#CCCCNCc1cccs1. The van der Waals surface area contributed by atoms with Crippen LogP contribution in [0.4, 0.5) is 0 Å². The van der Waals surface area contributed by atoms with Crippen molar-refractivity contribution in [2.75, 3.05) is 6.54 Å². The Morgan fingerprint density at radius 2 is 2.50 bits per heavy atom. The number of thiophene rings is 1. The van der Waals surface area contributed by atoms with E-state index in [0.29, 0.717) is 0 Å². The molecule has 1 rings (SSSR count). The van der Waals surface area contributed by atoms with Crippen LogP contribution in [-0.2, 0) is 6.54 Å². The van der Waals surface area contributed by atoms with Gasteiger partial charge in [0.05, 0.1) is 0 Å². The molecule has 0 radical (unpaired) electrons. The molecule has 0 aliphatic carbocycles. The standard InChI is InChI=1S/C10H13NS/c1-2-3-4-7-11-9-10-6-5-8-12-10/h1,5-6,8,11H,3-4,7,9H2. The number of unbranched alkanes of at least 4 members (excludes halogenated alkanes) is 1. The van der Waals surface area contributed by atoms with Crippen LogP contribution in [-0.4, -0.2) is 6.54 Å². The van der Waals surface area contributed by atoms with E-state index in [0.717, 1.165) is 25.9 Å². The summed E-state index contributed by atoms with van der Waals surface area (Å²) in [4.78, 5) is 1.38. The van der Waals surface area contributed by atoms with Gasteiger partial charge in [-0.3, -0.25) is 0 Å². The lowest BCUT2D eigenvalue weighted by Gasteiger charge is -1.99. The third-order valence-corrected chi connectivity index (χ3v) is 2.43. The third-order valence-electron chi connectivity index (χ3n) is 1.55. The zero-order chi connectivity index (χ0) is 8.65. The number of rotatable bonds is 5. The summed E-state index contributed by atoms with van der Waals surface area (Å²) >= 11 is 1.78. The molecule has 0 aromatic carbocycles. The van der Waals surface area contributed by atoms with Crippen molar-refractivity contribution in [3.63, 3.8) is 0 Å². The van der Waals surface area contributed by atoms with Gasteiger partial charge >= 0.3 is 0 Å². The van der Waals surface area contributed by atoms with E-state index in [1.54, 1.807) is 11.3 Å². The largest absolute Gasteiger partial charge is 0.312 e. The van der Waals surface area contributed by atoms with E-state index in [1.165, 1.54) is 4.88 Å². The Morgan fingerprint density at radius 1 is 1.58 bits per heavy atom. The van der Waals surface area contributed by atoms with Crippen LogP contribution in [0.15, 0.2) is 17.5 Å². The second-order valence-corrected chi connectivity index (χ2v) is 3.60. The van der Waals surface area contributed by atoms with Gasteiger partial charge in [0.15, 0.2) is 0 Å². The summed E-state index contributed by atoms with van der Waals surface area (Å²) in [5.74, 6) is 2.62. The minimum atomic E-state index is 0.872. The first-order chi connectivity index (χ1) is 5.93. The molecule has 1 aromatic rings. The van der Waals surface area contributed by atoms with Crippen molar-refractivity contribution in [2.45, 2.75) is 19.4 Å². The predicted octanol–water partition coefficient (Wildman–Crippen LogP) is 2.25. The number of hydrogen-bond acceptors (Lipinski definition) is 2. The molecule has 0 saturated carbocycles. The highest BCUT2D eigenvalue weighted by Gasteiger charge is 1.91. The molecule has 0 unspecified atom stereocenters. The van der Waals surface area contributed by atoms with Crippen LogP contribution in [0.3, 0.4) is 0 Å². The minimum Gasteiger partial charge on any atom is -0.312 e. The lowest BCUT2D eigenvalue weighted by molar-refractivity contribution is 0.664. The molecule has 0 saturated heterocycles. The predicted molar refractivity (Wildman–Crippen MR) is 54.1 cm³/mol. The Bertz CT molecular complexity index is 233. The topological polar surface area (TPSA) is 12.0 Å². The van der Waals surface area contributed by atoms with Gasteiger partial charge < -0.3 is 5.32 Å². The highest BCUT2D eigenvalue weighted by atomic mass is 32.1. The first kappa shape index (κ1) is 9.31. The molecule has 1 aromatic heterocycles. The molecule has 1 N–H and O–H groups in total. The van der Waals surface area contributed by atoms with Gasteiger partial charge in [0.25, 0.3) is 0 Å². The molecule has 1 nitrogen and oxygen atoms in total. The second kappa shape index (κ2) is 5.82. The molecular formula is C10H13NS. The zero-order valence-electron chi connectivity index (χ0n) is 7.05. The molecule has 0 amide bonds. The van der Waals surface area contributed by atoms with Crippen LogP contribution >= 0.6 is 11.3 Å². The summed E-state index contributed by atoms with van der Waals surface area (Å²) < 4.78 is 0. The maximum atomic E-state index is 5.13. The molecule has 2 heteroatoms. The minimum absolute atomic E-state index is 0.872. The van der Waals surface area contributed by atoms with Crippen molar-refractivity contribution in [3.05, 3.63) is 22.4 Å². The maximum Gasteiger partial charge on any atom is 0.0299 e. The van der Waals surface area contributed by atoms with Crippen molar-refractivity contribution in [2.24, 2.45) is 0 Å². The second-order valence-electron chi connectivity index (χ2n) is 2.56. The van der Waals surface area contributed by atoms with Crippen molar-refractivity contribution < 1.29 is 0 Å². The van der Waals surface area contributed by atoms with Gasteiger partial charge in [-0.1, -0.05) is 6.07 Å². The number of terminal acetylenes is 1. The van der Waals surface area contributed by atoms with Gasteiger partial charge in [-0.25, -0.2) is 0 Å². The average molecular weight is 179 g/mol. The quantitative estimate of drug-likeness (QED) is 0.540. The fraction of sp³-hybridized carbons (Fsp3) is 0.400. The molecule has 12 heavy (non-hydrogen) atoms. The Hall–Kier alpha value is -0.780. The summed E-state index contributed by atoms with van der Waals surface area (Å²) in [7, 11) is 0. The van der Waals surface area contributed by atoms with Gasteiger partial charge in [-0.2, -0.15) is 0 Å². The highest BCUT2D eigenvalue weighted by Crippen LogP contribution is 2.07. The van der Waals surface area contributed by atoms with Crippen LogP contribution < -0.4 is 5.32 Å². The van der Waals surface area contributed by atoms with E-state index in [-0.39, 0.29) is 0 Å². The fourth-order valence-electron chi connectivity index (χ4n) is 0.940. The average Bonchev–Trinajstić information content (AvgIpc) is 2.57. The molecule has 0 atom stereocenters. The first-order valence-corrected chi connectivity index (χ1v) is 4.98. The molecule has 0 bridgehead atoms. The molecule has 0 aliphatic heterocycles. The smallest absolute Gasteiger partial charge is 0.0299 e. The molecular weight excluding hydrogens is 166 g/mol. The zero-order valence-corrected chi connectivity index (χ0v) is 7.86. The number of hydrogen-bond donors (Lipinski definition) is 1. The Kier molecular flexibility index (Phi) is 4.51. The molecule has 64 valence electrons. The van der Waals surface area contributed by atoms with Crippen molar-refractivity contribution in [3.8, 4) is 12.3 Å². The number of nitrogens with one attached hydrogen (secondary N) is 1. The van der Waals surface area contributed by atoms with Crippen LogP contribution in [0, 0.1) is 12.3 Å². The van der Waals surface area contributed by atoms with E-state index < -0.39 is 0 Å². The van der Waals surface area contributed by atoms with Gasteiger partial charge in [-0.05, 0) is 24.4 Å². The monoisotopic (exact) mass is 179 g/mol. The third kappa shape index (κ3) is 3.56. The Balaban J connectivity index is 2.01. The lowest BCUT2D eigenvalue weighted by atomic mass is 10.3. The van der Waals surface area contributed by atoms with Gasteiger partial charge in [0.1, 0.15) is 0 Å². The Morgan fingerprint density at radius 3 is 3.17 bits per heavy atom. The van der Waals surface area contributed by atoms with Crippen LogP contribution in [0.1, 0.15) is 17.7 Å². The first-order valence-electron chi connectivity index (χ1n) is 4.10. The molecule has 0 aliphatic rings. The van der Waals surface area contributed by atoms with Crippen LogP contribution in [0.25, 0.3) is 0 Å². The van der Waals surface area contributed by atoms with E-state index in [2.05, 4.69) is 28.8 Å². The summed E-state index contributed by atoms with van der Waals surface area (Å²) in [6.45, 7) is 1.99. The highest BCUT2D eigenvalue weighted by molar-refractivity contribution is 7.09. The van der Waals surface area contributed by atoms with Gasteiger partial charge in [0.2, 0.25) is 0 Å². The van der Waals surface area contributed by atoms with E-state index in [9.17, 15) is 0 Å². The van der Waals surface area contributed by atoms with Gasteiger partial charge in [0, 0.05) is 17.8 Å². The van der Waals surface area contributed by atoms with Gasteiger partial charge in [-0.15, -0.1) is 23.7 Å². The fourth-order valence-corrected chi connectivity index (χ4v) is 1.61. The summed E-state index contributed by atoms with van der Waals surface area (Å²) in [6.07, 6.45) is 7.07. The van der Waals surface area contributed by atoms with E-state index >= 15 is 0 Å². The summed E-state index contributed by atoms with van der Waals surface area (Å²) in [5, 5.41) is 5.43. The maximum absolute atomic E-state index is 5.13.